The van der Waals surface area contributed by atoms with Crippen LogP contribution >= 0.6 is 15.9 Å². The highest BCUT2D eigenvalue weighted by atomic mass is 79.9. The molecule has 0 amide bonds. The number of aliphatic hydroxyl groups is 1. The van der Waals surface area contributed by atoms with Crippen molar-refractivity contribution in [1.82, 2.24) is 4.31 Å². The summed E-state index contributed by atoms with van der Waals surface area (Å²) in [6.45, 7) is 2.25. The van der Waals surface area contributed by atoms with Crippen LogP contribution < -0.4 is 0 Å². The zero-order chi connectivity index (χ0) is 14.8. The van der Waals surface area contributed by atoms with Crippen molar-refractivity contribution in [2.24, 2.45) is 0 Å². The predicted molar refractivity (Wildman–Crippen MR) is 78.8 cm³/mol. The maximum atomic E-state index is 12.8. The van der Waals surface area contributed by atoms with Crippen LogP contribution in [-0.4, -0.2) is 30.4 Å². The Morgan fingerprint density at radius 2 is 2.20 bits per heavy atom. The van der Waals surface area contributed by atoms with Crippen molar-refractivity contribution in [3.63, 3.8) is 0 Å². The molecule has 0 bridgehead atoms. The van der Waals surface area contributed by atoms with Crippen LogP contribution in [0.5, 0.6) is 0 Å². The minimum atomic E-state index is -3.58. The van der Waals surface area contributed by atoms with E-state index in [9.17, 15) is 8.42 Å². The van der Waals surface area contributed by atoms with Gasteiger partial charge < -0.3 is 9.52 Å². The lowest BCUT2D eigenvalue weighted by atomic mass is 10.1. The molecule has 114 valence electrons. The number of hydrogen-bond acceptors (Lipinski definition) is 4. The Morgan fingerprint density at radius 1 is 1.45 bits per heavy atom. The molecule has 1 aliphatic heterocycles. The van der Waals surface area contributed by atoms with Crippen molar-refractivity contribution >= 4 is 26.0 Å². The maximum absolute atomic E-state index is 12.8. The lowest BCUT2D eigenvalue weighted by molar-refractivity contribution is 0.245. The largest absolute Gasteiger partial charge is 0.450 e. The first-order chi connectivity index (χ1) is 9.50. The summed E-state index contributed by atoms with van der Waals surface area (Å²) in [4.78, 5) is 0.113. The number of aliphatic hydroxyl groups excluding tert-OH is 1. The van der Waals surface area contributed by atoms with Gasteiger partial charge in [-0.1, -0.05) is 19.8 Å². The molecule has 1 atom stereocenters. The Balaban J connectivity index is 2.38. The second-order valence-electron chi connectivity index (χ2n) is 5.04. The van der Waals surface area contributed by atoms with E-state index in [0.29, 0.717) is 6.54 Å². The molecule has 20 heavy (non-hydrogen) atoms. The highest BCUT2D eigenvalue weighted by Crippen LogP contribution is 2.32. The van der Waals surface area contributed by atoms with Crippen molar-refractivity contribution in [1.29, 1.82) is 0 Å². The highest BCUT2D eigenvalue weighted by molar-refractivity contribution is 9.10. The number of furan rings is 1. The van der Waals surface area contributed by atoms with Crippen LogP contribution in [0, 0.1) is 0 Å². The molecule has 0 spiro atoms. The summed E-state index contributed by atoms with van der Waals surface area (Å²) >= 11 is 3.14. The van der Waals surface area contributed by atoms with Gasteiger partial charge in [0, 0.05) is 18.7 Å². The average Bonchev–Trinajstić information content (AvgIpc) is 2.66. The van der Waals surface area contributed by atoms with Gasteiger partial charge in [0.1, 0.15) is 17.3 Å². The molecule has 1 aromatic rings. The number of sulfonamides is 1. The standard InChI is InChI=1S/C13H20BrNO4S/c1-2-10-6-4-3-5-7-15(10)20(17,18)12-8-11(9-16)19-13(12)14/h8,10,16H,2-7,9H2,1H3. The molecule has 1 fully saturated rings. The van der Waals surface area contributed by atoms with Crippen molar-refractivity contribution in [3.8, 4) is 0 Å². The Morgan fingerprint density at radius 3 is 2.80 bits per heavy atom. The molecule has 1 aromatic heterocycles. The van der Waals surface area contributed by atoms with Crippen LogP contribution in [0.3, 0.4) is 0 Å². The van der Waals surface area contributed by atoms with Crippen molar-refractivity contribution in [2.45, 2.75) is 56.6 Å². The molecule has 7 heteroatoms. The van der Waals surface area contributed by atoms with E-state index in [4.69, 9.17) is 9.52 Å². The van der Waals surface area contributed by atoms with E-state index in [-0.39, 0.29) is 28.0 Å². The predicted octanol–water partition coefficient (Wildman–Crippen LogP) is 2.88. The average molecular weight is 366 g/mol. The van der Waals surface area contributed by atoms with Crippen LogP contribution in [0.4, 0.5) is 0 Å². The van der Waals surface area contributed by atoms with Gasteiger partial charge in [0.05, 0.1) is 0 Å². The van der Waals surface area contributed by atoms with Crippen LogP contribution in [0.25, 0.3) is 0 Å². The van der Waals surface area contributed by atoms with Gasteiger partial charge in [0.2, 0.25) is 10.0 Å². The van der Waals surface area contributed by atoms with Crippen LogP contribution in [0.2, 0.25) is 0 Å². The third-order valence-corrected chi connectivity index (χ3v) is 6.55. The summed E-state index contributed by atoms with van der Waals surface area (Å²) in [5.74, 6) is 0.248. The van der Waals surface area contributed by atoms with Gasteiger partial charge in [-0.2, -0.15) is 4.31 Å². The van der Waals surface area contributed by atoms with Gasteiger partial charge >= 0.3 is 0 Å². The molecular weight excluding hydrogens is 346 g/mol. The molecule has 0 radical (unpaired) electrons. The molecule has 0 aliphatic carbocycles. The smallest absolute Gasteiger partial charge is 0.247 e. The minimum Gasteiger partial charge on any atom is -0.450 e. The van der Waals surface area contributed by atoms with E-state index >= 15 is 0 Å². The van der Waals surface area contributed by atoms with Crippen molar-refractivity contribution in [3.05, 3.63) is 16.5 Å². The van der Waals surface area contributed by atoms with Crippen LogP contribution in [0.1, 0.15) is 44.8 Å². The second kappa shape index (κ2) is 6.60. The third kappa shape index (κ3) is 3.10. The number of rotatable bonds is 4. The van der Waals surface area contributed by atoms with Crippen LogP contribution in [0.15, 0.2) is 20.0 Å². The summed E-state index contributed by atoms with van der Waals surface area (Å²) in [6.07, 6.45) is 4.73. The van der Waals surface area contributed by atoms with E-state index in [1.807, 2.05) is 6.92 Å². The summed E-state index contributed by atoms with van der Waals surface area (Å²) in [6, 6.07) is 1.44. The zero-order valence-corrected chi connectivity index (χ0v) is 13.9. The Kier molecular flexibility index (Phi) is 5.28. The second-order valence-corrected chi connectivity index (χ2v) is 7.62. The van der Waals surface area contributed by atoms with E-state index in [1.165, 1.54) is 6.07 Å². The normalized spacial score (nSPS) is 21.9. The monoisotopic (exact) mass is 365 g/mol. The first-order valence-electron chi connectivity index (χ1n) is 6.91. The molecule has 2 heterocycles. The summed E-state index contributed by atoms with van der Waals surface area (Å²) < 4.78 is 32.6. The third-order valence-electron chi connectivity index (χ3n) is 3.74. The molecule has 0 aromatic carbocycles. The Labute approximate surface area is 128 Å². The fourth-order valence-electron chi connectivity index (χ4n) is 2.65. The molecular formula is C13H20BrNO4S. The van der Waals surface area contributed by atoms with Gasteiger partial charge in [0.25, 0.3) is 0 Å². The van der Waals surface area contributed by atoms with E-state index in [0.717, 1.165) is 32.1 Å². The summed E-state index contributed by atoms with van der Waals surface area (Å²) in [5, 5.41) is 9.07. The highest BCUT2D eigenvalue weighted by Gasteiger charge is 2.34. The quantitative estimate of drug-likeness (QED) is 0.890. The fraction of sp³-hybridized carbons (Fsp3) is 0.692. The Hall–Kier alpha value is -0.370. The molecule has 2 rings (SSSR count). The van der Waals surface area contributed by atoms with Gasteiger partial charge in [0.15, 0.2) is 4.67 Å². The molecule has 1 saturated heterocycles. The topological polar surface area (TPSA) is 70.8 Å². The van der Waals surface area contributed by atoms with E-state index in [2.05, 4.69) is 15.9 Å². The van der Waals surface area contributed by atoms with E-state index in [1.54, 1.807) is 4.31 Å². The van der Waals surface area contributed by atoms with Crippen molar-refractivity contribution < 1.29 is 17.9 Å². The first kappa shape index (κ1) is 16.0. The first-order valence-corrected chi connectivity index (χ1v) is 9.15. The lowest BCUT2D eigenvalue weighted by Gasteiger charge is -2.27. The van der Waals surface area contributed by atoms with Gasteiger partial charge in [-0.15, -0.1) is 0 Å². The SMILES string of the molecule is CCC1CCCCCN1S(=O)(=O)c1cc(CO)oc1Br. The molecule has 1 unspecified atom stereocenters. The fourth-order valence-corrected chi connectivity index (χ4v) is 5.38. The van der Waals surface area contributed by atoms with Crippen LogP contribution in [-0.2, 0) is 16.6 Å². The zero-order valence-electron chi connectivity index (χ0n) is 11.5. The van der Waals surface area contributed by atoms with Gasteiger partial charge in [-0.05, 0) is 35.2 Å². The molecule has 5 nitrogen and oxygen atoms in total. The summed E-state index contributed by atoms with van der Waals surface area (Å²) in [5.41, 5.74) is 0. The lowest BCUT2D eigenvalue weighted by Crippen LogP contribution is -2.39. The van der Waals surface area contributed by atoms with Crippen molar-refractivity contribution in [2.75, 3.05) is 6.54 Å². The van der Waals surface area contributed by atoms with Gasteiger partial charge in [-0.3, -0.25) is 0 Å². The number of nitrogens with zero attached hydrogens (tertiary/aromatic N) is 1. The maximum Gasteiger partial charge on any atom is 0.247 e. The summed E-state index contributed by atoms with van der Waals surface area (Å²) in [7, 11) is -3.58. The molecule has 0 saturated carbocycles. The number of hydrogen-bond donors (Lipinski definition) is 1. The molecule has 1 aliphatic rings. The van der Waals surface area contributed by atoms with E-state index < -0.39 is 10.0 Å². The minimum absolute atomic E-state index is 0.0434. The molecule has 1 N–H and O–H groups in total. The van der Waals surface area contributed by atoms with Gasteiger partial charge in [-0.25, -0.2) is 8.42 Å². The Bertz CT molecular complexity index is 555. The number of halogens is 1.